The first-order valence-electron chi connectivity index (χ1n) is 3.90. The topological polar surface area (TPSA) is 40.5 Å². The van der Waals surface area contributed by atoms with Crippen molar-refractivity contribution in [3.63, 3.8) is 0 Å². The lowest BCUT2D eigenvalue weighted by atomic mass is 10.1. The number of aromatic hydroxyl groups is 1. The molecule has 1 aromatic carbocycles. The van der Waals surface area contributed by atoms with Crippen LogP contribution >= 0.6 is 32.3 Å². The number of phenols is 1. The first-order valence-corrected chi connectivity index (χ1v) is 5.31. The van der Waals surface area contributed by atoms with Crippen LogP contribution < -0.4 is 0 Å². The maximum Gasteiger partial charge on any atom is 0.219 e. The lowest BCUT2D eigenvalue weighted by molar-refractivity contribution is 0.475. The predicted octanol–water partition coefficient (Wildman–Crippen LogP) is 2.33. The van der Waals surface area contributed by atoms with Gasteiger partial charge >= 0.3 is 0 Å². The fraction of sp³-hybridized carbons (Fsp3) is 0.222. The van der Waals surface area contributed by atoms with Crippen molar-refractivity contribution in [3.05, 3.63) is 29.8 Å². The number of hydrogen-bond acceptors (Lipinski definition) is 3. The highest BCUT2D eigenvalue weighted by Gasteiger charge is 2.14. The quantitative estimate of drug-likeness (QED) is 0.865. The molecule has 1 aromatic rings. The van der Waals surface area contributed by atoms with Crippen LogP contribution in [0.15, 0.2) is 24.3 Å². The van der Waals surface area contributed by atoms with E-state index >= 15 is 0 Å². The fourth-order valence-electron chi connectivity index (χ4n) is 1.01. The number of phenolic OH excluding ortho intramolecular Hbond substituents is 1. The van der Waals surface area contributed by atoms with Gasteiger partial charge in [0.2, 0.25) is 6.29 Å². The van der Waals surface area contributed by atoms with Crippen LogP contribution in [0.3, 0.4) is 0 Å². The Morgan fingerprint density at radius 2 is 1.93 bits per heavy atom. The molecule has 75 valence electrons. The summed E-state index contributed by atoms with van der Waals surface area (Å²) < 4.78 is 1.44. The Balaban J connectivity index is 2.67. The summed E-state index contributed by atoms with van der Waals surface area (Å²) in [5.41, 5.74) is 0.958. The molecular formula is C9H8Br2NO2. The minimum Gasteiger partial charge on any atom is -0.508 e. The van der Waals surface area contributed by atoms with Gasteiger partial charge in [-0.15, -0.1) is 0 Å². The summed E-state index contributed by atoms with van der Waals surface area (Å²) in [6.45, 7) is 0. The van der Waals surface area contributed by atoms with Crippen molar-refractivity contribution in [3.8, 4) is 5.75 Å². The van der Waals surface area contributed by atoms with Crippen molar-refractivity contribution in [2.75, 3.05) is 0 Å². The molecule has 0 saturated carbocycles. The Morgan fingerprint density at radius 1 is 1.36 bits per heavy atom. The summed E-state index contributed by atoms with van der Waals surface area (Å²) in [4.78, 5) is 10.5. The van der Waals surface area contributed by atoms with Gasteiger partial charge in [0, 0.05) is 32.3 Å². The summed E-state index contributed by atoms with van der Waals surface area (Å²) in [6, 6.07) is 6.32. The third-order valence-electron chi connectivity index (χ3n) is 1.74. The van der Waals surface area contributed by atoms with E-state index in [2.05, 4.69) is 32.3 Å². The minimum absolute atomic E-state index is 0.218. The average Bonchev–Trinajstić information content (AvgIpc) is 2.16. The lowest BCUT2D eigenvalue weighted by Gasteiger charge is -2.12. The largest absolute Gasteiger partial charge is 0.508 e. The predicted molar refractivity (Wildman–Crippen MR) is 61.0 cm³/mol. The molecule has 0 aromatic heterocycles. The molecule has 0 unspecified atom stereocenters. The van der Waals surface area contributed by atoms with Crippen LogP contribution in [0.4, 0.5) is 0 Å². The Kier molecular flexibility index (Phi) is 4.57. The Hall–Kier alpha value is -0.390. The van der Waals surface area contributed by atoms with Crippen molar-refractivity contribution in [1.82, 2.24) is 2.95 Å². The number of hydrogen-bond donors (Lipinski definition) is 1. The van der Waals surface area contributed by atoms with Gasteiger partial charge in [0.25, 0.3) is 0 Å². The highest BCUT2D eigenvalue weighted by Crippen LogP contribution is 2.17. The second-order valence-electron chi connectivity index (χ2n) is 2.76. The van der Waals surface area contributed by atoms with E-state index in [1.807, 2.05) is 6.29 Å². The highest BCUT2D eigenvalue weighted by atomic mass is 79.9. The molecule has 1 N–H and O–H groups in total. The Morgan fingerprint density at radius 3 is 2.36 bits per heavy atom. The normalized spacial score (nSPS) is 12.8. The standard InChI is InChI=1S/C9H8Br2NO2/c10-12(11)8(6-13)5-7-1-3-9(14)4-2-7/h1-4,8,14H,5H2/t8-/m0/s1. The maximum atomic E-state index is 10.5. The van der Waals surface area contributed by atoms with Crippen molar-refractivity contribution in [2.24, 2.45) is 0 Å². The van der Waals surface area contributed by atoms with E-state index in [-0.39, 0.29) is 11.8 Å². The first-order chi connectivity index (χ1) is 6.63. The van der Waals surface area contributed by atoms with Gasteiger partial charge in [-0.2, -0.15) is 2.95 Å². The van der Waals surface area contributed by atoms with Crippen molar-refractivity contribution >= 4 is 38.6 Å². The Labute approximate surface area is 99.4 Å². The van der Waals surface area contributed by atoms with Gasteiger partial charge in [0.15, 0.2) is 0 Å². The van der Waals surface area contributed by atoms with E-state index in [4.69, 9.17) is 5.11 Å². The lowest BCUT2D eigenvalue weighted by Crippen LogP contribution is -2.22. The van der Waals surface area contributed by atoms with Gasteiger partial charge in [-0.25, -0.2) is 0 Å². The van der Waals surface area contributed by atoms with E-state index in [0.29, 0.717) is 6.42 Å². The monoisotopic (exact) mass is 320 g/mol. The number of rotatable bonds is 4. The molecule has 14 heavy (non-hydrogen) atoms. The third-order valence-corrected chi connectivity index (χ3v) is 2.73. The molecule has 0 aliphatic heterocycles. The van der Waals surface area contributed by atoms with E-state index in [1.165, 1.54) is 2.95 Å². The minimum atomic E-state index is -0.389. The van der Waals surface area contributed by atoms with Crippen LogP contribution in [0, 0.1) is 0 Å². The summed E-state index contributed by atoms with van der Waals surface area (Å²) in [6.07, 6.45) is 2.41. The summed E-state index contributed by atoms with van der Waals surface area (Å²) >= 11 is 6.22. The van der Waals surface area contributed by atoms with Gasteiger partial charge < -0.3 is 5.11 Å². The van der Waals surface area contributed by atoms with Crippen molar-refractivity contribution in [2.45, 2.75) is 12.5 Å². The summed E-state index contributed by atoms with van der Waals surface area (Å²) in [5, 5.41) is 9.05. The molecule has 0 aliphatic rings. The van der Waals surface area contributed by atoms with Crippen LogP contribution in [0.5, 0.6) is 5.75 Å². The van der Waals surface area contributed by atoms with Gasteiger partial charge in [0.1, 0.15) is 11.8 Å². The number of nitrogens with zero attached hydrogens (tertiary/aromatic N) is 1. The SMILES string of the molecule is O=[C][C@H](Cc1ccc(O)cc1)N(Br)Br. The molecule has 0 saturated heterocycles. The van der Waals surface area contributed by atoms with E-state index in [1.54, 1.807) is 24.3 Å². The zero-order valence-electron chi connectivity index (χ0n) is 7.15. The zero-order valence-corrected chi connectivity index (χ0v) is 10.3. The van der Waals surface area contributed by atoms with Gasteiger partial charge in [-0.3, -0.25) is 4.79 Å². The highest BCUT2D eigenvalue weighted by molar-refractivity contribution is 9.21. The van der Waals surface area contributed by atoms with Crippen LogP contribution in [-0.4, -0.2) is 20.4 Å². The molecule has 0 fully saturated rings. The summed E-state index contributed by atoms with van der Waals surface area (Å²) in [5.74, 6) is 0.218. The Bertz CT molecular complexity index is 300. The number of benzene rings is 1. The van der Waals surface area contributed by atoms with Crippen LogP contribution in [0.2, 0.25) is 0 Å². The van der Waals surface area contributed by atoms with Crippen molar-refractivity contribution in [1.29, 1.82) is 0 Å². The molecule has 1 radical (unpaired) electrons. The molecule has 0 aliphatic carbocycles. The van der Waals surface area contributed by atoms with Crippen molar-refractivity contribution < 1.29 is 9.90 Å². The first kappa shape index (κ1) is 11.7. The molecule has 0 heterocycles. The van der Waals surface area contributed by atoms with Gasteiger partial charge in [0.05, 0.1) is 0 Å². The van der Waals surface area contributed by atoms with Crippen LogP contribution in [0.1, 0.15) is 5.56 Å². The second kappa shape index (κ2) is 5.48. The molecule has 1 atom stereocenters. The summed E-state index contributed by atoms with van der Waals surface area (Å²) in [7, 11) is 0. The number of carbonyl (C=O) groups excluding carboxylic acids is 1. The zero-order chi connectivity index (χ0) is 10.6. The average molecular weight is 322 g/mol. The van der Waals surface area contributed by atoms with E-state index in [9.17, 15) is 4.79 Å². The van der Waals surface area contributed by atoms with Crippen LogP contribution in [-0.2, 0) is 11.2 Å². The molecule has 0 bridgehead atoms. The molecule has 5 heteroatoms. The molecule has 3 nitrogen and oxygen atoms in total. The van der Waals surface area contributed by atoms with E-state index in [0.717, 1.165) is 5.56 Å². The smallest absolute Gasteiger partial charge is 0.219 e. The maximum absolute atomic E-state index is 10.5. The van der Waals surface area contributed by atoms with E-state index < -0.39 is 0 Å². The molecular weight excluding hydrogens is 314 g/mol. The van der Waals surface area contributed by atoms with Crippen LogP contribution in [0.25, 0.3) is 0 Å². The molecule has 0 spiro atoms. The fourth-order valence-corrected chi connectivity index (χ4v) is 1.46. The number of halogens is 2. The van der Waals surface area contributed by atoms with Gasteiger partial charge in [-0.05, 0) is 24.1 Å². The second-order valence-corrected chi connectivity index (χ2v) is 5.24. The molecule has 1 rings (SSSR count). The third kappa shape index (κ3) is 3.40. The molecule has 0 amide bonds. The van der Waals surface area contributed by atoms with Gasteiger partial charge in [-0.1, -0.05) is 12.1 Å².